The lowest BCUT2D eigenvalue weighted by atomic mass is 9.78. The van der Waals surface area contributed by atoms with Crippen LogP contribution in [0.2, 0.25) is 0 Å². The van der Waals surface area contributed by atoms with Gasteiger partial charge in [-0.05, 0) is 24.0 Å². The molecule has 0 unspecified atom stereocenters. The molecule has 1 aliphatic carbocycles. The van der Waals surface area contributed by atoms with Crippen molar-refractivity contribution in [3.63, 3.8) is 0 Å². The number of rotatable bonds is 8. The van der Waals surface area contributed by atoms with E-state index in [1.807, 2.05) is 65.7 Å². The number of hydrogen-bond donors (Lipinski definition) is 0. The summed E-state index contributed by atoms with van der Waals surface area (Å²) >= 11 is 0. The van der Waals surface area contributed by atoms with Gasteiger partial charge in [0.2, 0.25) is 0 Å². The minimum absolute atomic E-state index is 0.200. The standard InChI is InChI=1S/C26H31NO5/c28-24(30-19-21-10-4-1-5-11-21)14-17-27-26(15-8-3-9-16-26)18-23(32-27)25(29)31-20-22-12-6-2-7-13-22/h1-2,4-7,10-13,23H,3,8-9,14-20H2/t23-/m1/s1. The van der Waals surface area contributed by atoms with Crippen molar-refractivity contribution in [1.82, 2.24) is 5.06 Å². The molecule has 0 N–H and O–H groups in total. The molecule has 1 saturated carbocycles. The fourth-order valence-corrected chi connectivity index (χ4v) is 4.65. The van der Waals surface area contributed by atoms with Crippen molar-refractivity contribution in [3.8, 4) is 0 Å². The van der Waals surface area contributed by atoms with Crippen LogP contribution < -0.4 is 0 Å². The van der Waals surface area contributed by atoms with Crippen LogP contribution >= 0.6 is 0 Å². The molecule has 2 fully saturated rings. The summed E-state index contributed by atoms with van der Waals surface area (Å²) in [6, 6.07) is 19.3. The van der Waals surface area contributed by atoms with E-state index in [1.54, 1.807) is 0 Å². The Morgan fingerprint density at radius 1 is 0.875 bits per heavy atom. The van der Waals surface area contributed by atoms with Crippen molar-refractivity contribution in [2.75, 3.05) is 6.54 Å². The van der Waals surface area contributed by atoms with Gasteiger partial charge in [0.15, 0.2) is 6.10 Å². The third-order valence-electron chi connectivity index (χ3n) is 6.38. The lowest BCUT2D eigenvalue weighted by Crippen LogP contribution is -2.45. The topological polar surface area (TPSA) is 65.1 Å². The van der Waals surface area contributed by atoms with E-state index in [0.29, 0.717) is 13.0 Å². The van der Waals surface area contributed by atoms with Gasteiger partial charge in [-0.1, -0.05) is 79.9 Å². The van der Waals surface area contributed by atoms with Gasteiger partial charge in [-0.2, -0.15) is 5.06 Å². The summed E-state index contributed by atoms with van der Waals surface area (Å²) in [5, 5.41) is 1.88. The molecule has 2 aliphatic rings. The summed E-state index contributed by atoms with van der Waals surface area (Å²) in [5.41, 5.74) is 1.71. The molecular weight excluding hydrogens is 406 g/mol. The summed E-state index contributed by atoms with van der Waals surface area (Å²) in [7, 11) is 0. The van der Waals surface area contributed by atoms with Crippen molar-refractivity contribution < 1.29 is 23.9 Å². The van der Waals surface area contributed by atoms with Crippen molar-refractivity contribution in [1.29, 1.82) is 0 Å². The Morgan fingerprint density at radius 2 is 1.47 bits per heavy atom. The predicted molar refractivity (Wildman–Crippen MR) is 119 cm³/mol. The number of carbonyl (C=O) groups excluding carboxylic acids is 2. The highest BCUT2D eigenvalue weighted by atomic mass is 16.7. The fourth-order valence-electron chi connectivity index (χ4n) is 4.65. The number of benzene rings is 2. The zero-order valence-electron chi connectivity index (χ0n) is 18.4. The lowest BCUT2D eigenvalue weighted by molar-refractivity contribution is -0.208. The van der Waals surface area contributed by atoms with Gasteiger partial charge < -0.3 is 9.47 Å². The quantitative estimate of drug-likeness (QED) is 0.564. The van der Waals surface area contributed by atoms with E-state index < -0.39 is 6.10 Å². The normalized spacial score (nSPS) is 20.2. The van der Waals surface area contributed by atoms with Crippen LogP contribution in [0.5, 0.6) is 0 Å². The molecule has 1 atom stereocenters. The molecular formula is C26H31NO5. The first-order chi connectivity index (χ1) is 15.6. The zero-order valence-corrected chi connectivity index (χ0v) is 18.4. The Kier molecular flexibility index (Phi) is 7.55. The van der Waals surface area contributed by atoms with Crippen LogP contribution in [-0.2, 0) is 37.1 Å². The average Bonchev–Trinajstić information content (AvgIpc) is 3.19. The highest BCUT2D eigenvalue weighted by molar-refractivity contribution is 5.75. The number of ether oxygens (including phenoxy) is 2. The van der Waals surface area contributed by atoms with Gasteiger partial charge >= 0.3 is 11.9 Å². The third kappa shape index (κ3) is 5.75. The van der Waals surface area contributed by atoms with Crippen LogP contribution in [0.1, 0.15) is 56.1 Å². The number of esters is 2. The second-order valence-electron chi connectivity index (χ2n) is 8.67. The van der Waals surface area contributed by atoms with E-state index in [9.17, 15) is 9.59 Å². The fraction of sp³-hybridized carbons (Fsp3) is 0.462. The molecule has 32 heavy (non-hydrogen) atoms. The first-order valence-corrected chi connectivity index (χ1v) is 11.5. The van der Waals surface area contributed by atoms with Crippen LogP contribution in [-0.4, -0.2) is 35.2 Å². The highest BCUT2D eigenvalue weighted by Gasteiger charge is 2.50. The predicted octanol–water partition coefficient (Wildman–Crippen LogP) is 4.57. The van der Waals surface area contributed by atoms with Crippen LogP contribution in [0, 0.1) is 0 Å². The smallest absolute Gasteiger partial charge is 0.337 e. The first kappa shape index (κ1) is 22.5. The van der Waals surface area contributed by atoms with Crippen molar-refractivity contribution in [2.45, 2.75) is 69.8 Å². The maximum absolute atomic E-state index is 12.7. The van der Waals surface area contributed by atoms with E-state index in [0.717, 1.165) is 36.8 Å². The van der Waals surface area contributed by atoms with E-state index in [-0.39, 0.29) is 37.1 Å². The molecule has 6 nitrogen and oxygen atoms in total. The molecule has 170 valence electrons. The Morgan fingerprint density at radius 3 is 2.09 bits per heavy atom. The monoisotopic (exact) mass is 437 g/mol. The van der Waals surface area contributed by atoms with E-state index in [4.69, 9.17) is 14.3 Å². The number of hydroxylamine groups is 2. The van der Waals surface area contributed by atoms with E-state index in [2.05, 4.69) is 0 Å². The molecule has 2 aromatic carbocycles. The first-order valence-electron chi connectivity index (χ1n) is 11.5. The molecule has 1 heterocycles. The molecule has 0 bridgehead atoms. The number of nitrogens with zero attached hydrogens (tertiary/aromatic N) is 1. The minimum atomic E-state index is -0.628. The largest absolute Gasteiger partial charge is 0.461 e. The lowest BCUT2D eigenvalue weighted by Gasteiger charge is -2.39. The van der Waals surface area contributed by atoms with Gasteiger partial charge in [-0.15, -0.1) is 0 Å². The maximum Gasteiger partial charge on any atom is 0.337 e. The summed E-state index contributed by atoms with van der Waals surface area (Å²) in [4.78, 5) is 31.1. The van der Waals surface area contributed by atoms with E-state index in [1.165, 1.54) is 6.42 Å². The van der Waals surface area contributed by atoms with Gasteiger partial charge in [0.05, 0.1) is 6.42 Å². The molecule has 2 aromatic rings. The second kappa shape index (κ2) is 10.7. The molecule has 1 spiro atoms. The van der Waals surface area contributed by atoms with Gasteiger partial charge in [-0.3, -0.25) is 9.63 Å². The molecule has 0 aromatic heterocycles. The molecule has 1 saturated heterocycles. The average molecular weight is 438 g/mol. The van der Waals surface area contributed by atoms with Gasteiger partial charge in [0, 0.05) is 18.5 Å². The van der Waals surface area contributed by atoms with Crippen LogP contribution in [0.4, 0.5) is 0 Å². The molecule has 6 heteroatoms. The molecule has 0 amide bonds. The van der Waals surface area contributed by atoms with Gasteiger partial charge in [0.1, 0.15) is 13.2 Å². The summed E-state index contributed by atoms with van der Waals surface area (Å²) < 4.78 is 10.9. The minimum Gasteiger partial charge on any atom is -0.461 e. The summed E-state index contributed by atoms with van der Waals surface area (Å²) in [6.45, 7) is 0.911. The summed E-state index contributed by atoms with van der Waals surface area (Å²) in [6.07, 6.45) is 5.53. The maximum atomic E-state index is 12.7. The molecule has 4 rings (SSSR count). The molecule has 0 radical (unpaired) electrons. The third-order valence-corrected chi connectivity index (χ3v) is 6.38. The Bertz CT molecular complexity index is 880. The van der Waals surface area contributed by atoms with Gasteiger partial charge in [-0.25, -0.2) is 4.79 Å². The Labute approximate surface area is 189 Å². The number of carbonyl (C=O) groups is 2. The number of hydrogen-bond acceptors (Lipinski definition) is 6. The van der Waals surface area contributed by atoms with Gasteiger partial charge in [0.25, 0.3) is 0 Å². The zero-order chi connectivity index (χ0) is 22.2. The van der Waals surface area contributed by atoms with Crippen LogP contribution in [0.25, 0.3) is 0 Å². The van der Waals surface area contributed by atoms with Crippen LogP contribution in [0.15, 0.2) is 60.7 Å². The van der Waals surface area contributed by atoms with Crippen LogP contribution in [0.3, 0.4) is 0 Å². The van der Waals surface area contributed by atoms with Crippen molar-refractivity contribution in [3.05, 3.63) is 71.8 Å². The van der Waals surface area contributed by atoms with E-state index >= 15 is 0 Å². The van der Waals surface area contributed by atoms with Crippen molar-refractivity contribution >= 4 is 11.9 Å². The Balaban J connectivity index is 1.31. The molecule has 1 aliphatic heterocycles. The Hall–Kier alpha value is -2.70. The highest BCUT2D eigenvalue weighted by Crippen LogP contribution is 2.43. The van der Waals surface area contributed by atoms with Crippen molar-refractivity contribution in [2.24, 2.45) is 0 Å². The summed E-state index contributed by atoms with van der Waals surface area (Å²) in [5.74, 6) is -0.605. The SMILES string of the molecule is O=C(CCN1O[C@@H](C(=O)OCc2ccccc2)CC12CCCCC2)OCc1ccccc1. The second-order valence-corrected chi connectivity index (χ2v) is 8.67.